The van der Waals surface area contributed by atoms with E-state index in [0.717, 1.165) is 13.0 Å². The molecule has 0 aromatic heterocycles. The molecule has 0 unspecified atom stereocenters. The van der Waals surface area contributed by atoms with Gasteiger partial charge in [0, 0.05) is 6.61 Å². The third-order valence-electron chi connectivity index (χ3n) is 5.24. The number of rotatable bonds is 4. The molecule has 108 valence electrons. The lowest BCUT2D eigenvalue weighted by Crippen LogP contribution is -2.43. The molecule has 0 aliphatic heterocycles. The van der Waals surface area contributed by atoms with Gasteiger partial charge >= 0.3 is 0 Å². The van der Waals surface area contributed by atoms with Crippen molar-refractivity contribution in [2.45, 2.75) is 64.3 Å². The summed E-state index contributed by atoms with van der Waals surface area (Å²) in [5.74, 6) is 0.489. The fourth-order valence-corrected chi connectivity index (χ4v) is 3.40. The van der Waals surface area contributed by atoms with Crippen LogP contribution in [-0.2, 0) is 4.43 Å². The van der Waals surface area contributed by atoms with Gasteiger partial charge < -0.3 is 14.6 Å². The zero-order valence-electron chi connectivity index (χ0n) is 12.8. The first kappa shape index (κ1) is 16.2. The molecule has 4 heteroatoms. The zero-order valence-corrected chi connectivity index (χ0v) is 13.8. The Balaban J connectivity index is 2.57. The van der Waals surface area contributed by atoms with Crippen molar-refractivity contribution in [3.8, 4) is 0 Å². The van der Waals surface area contributed by atoms with E-state index < -0.39 is 13.9 Å². The minimum atomic E-state index is -1.70. The molecule has 2 N–H and O–H groups in total. The Bertz CT molecular complexity index is 285. The zero-order chi connectivity index (χ0) is 14.2. The predicted octanol–water partition coefficient (Wildman–Crippen LogP) is 2.78. The quantitative estimate of drug-likeness (QED) is 0.775. The van der Waals surface area contributed by atoms with Crippen LogP contribution >= 0.6 is 0 Å². The van der Waals surface area contributed by atoms with Crippen LogP contribution in [-0.4, -0.2) is 37.3 Å². The maximum atomic E-state index is 10.2. The van der Waals surface area contributed by atoms with E-state index in [9.17, 15) is 10.2 Å². The van der Waals surface area contributed by atoms with Crippen molar-refractivity contribution in [2.75, 3.05) is 13.2 Å². The number of hydrogen-bond acceptors (Lipinski definition) is 3. The Morgan fingerprint density at radius 1 is 1.33 bits per heavy atom. The van der Waals surface area contributed by atoms with Crippen molar-refractivity contribution in [3.63, 3.8) is 0 Å². The van der Waals surface area contributed by atoms with Crippen LogP contribution in [0.25, 0.3) is 0 Å². The van der Waals surface area contributed by atoms with Gasteiger partial charge in [-0.05, 0) is 42.8 Å². The van der Waals surface area contributed by atoms with Gasteiger partial charge in [-0.3, -0.25) is 0 Å². The topological polar surface area (TPSA) is 49.7 Å². The number of aliphatic hydroxyl groups excluding tert-OH is 1. The highest BCUT2D eigenvalue weighted by molar-refractivity contribution is 6.74. The van der Waals surface area contributed by atoms with E-state index in [2.05, 4.69) is 33.9 Å². The first-order valence-electron chi connectivity index (χ1n) is 7.01. The second-order valence-corrected chi connectivity index (χ2v) is 12.2. The van der Waals surface area contributed by atoms with Crippen LogP contribution < -0.4 is 0 Å². The van der Waals surface area contributed by atoms with Gasteiger partial charge in [-0.15, -0.1) is 0 Å². The van der Waals surface area contributed by atoms with Crippen molar-refractivity contribution >= 4 is 8.32 Å². The van der Waals surface area contributed by atoms with Crippen LogP contribution in [0.3, 0.4) is 0 Å². The van der Waals surface area contributed by atoms with E-state index in [4.69, 9.17) is 4.43 Å². The Morgan fingerprint density at radius 3 is 2.28 bits per heavy atom. The van der Waals surface area contributed by atoms with Crippen LogP contribution in [0.5, 0.6) is 0 Å². The van der Waals surface area contributed by atoms with Gasteiger partial charge in [0.1, 0.15) is 0 Å². The van der Waals surface area contributed by atoms with Crippen molar-refractivity contribution in [2.24, 2.45) is 11.8 Å². The van der Waals surface area contributed by atoms with Crippen LogP contribution in [0.4, 0.5) is 0 Å². The van der Waals surface area contributed by atoms with Crippen LogP contribution in [0, 0.1) is 11.8 Å². The van der Waals surface area contributed by atoms with E-state index in [-0.39, 0.29) is 17.6 Å². The molecule has 0 bridgehead atoms. The van der Waals surface area contributed by atoms with Gasteiger partial charge in [-0.1, -0.05) is 27.7 Å². The van der Waals surface area contributed by atoms with Gasteiger partial charge in [0.25, 0.3) is 0 Å². The summed E-state index contributed by atoms with van der Waals surface area (Å²) in [6, 6.07) is 0. The highest BCUT2D eigenvalue weighted by Gasteiger charge is 2.45. The second kappa shape index (κ2) is 5.23. The predicted molar refractivity (Wildman–Crippen MR) is 77.1 cm³/mol. The third-order valence-corrected chi connectivity index (χ3v) is 9.74. The van der Waals surface area contributed by atoms with E-state index >= 15 is 0 Å². The molecule has 1 rings (SSSR count). The lowest BCUT2D eigenvalue weighted by atomic mass is 9.88. The minimum absolute atomic E-state index is 0.118. The molecule has 3 nitrogen and oxygen atoms in total. The Morgan fingerprint density at radius 2 is 1.89 bits per heavy atom. The van der Waals surface area contributed by atoms with Crippen molar-refractivity contribution in [1.29, 1.82) is 0 Å². The van der Waals surface area contributed by atoms with Gasteiger partial charge in [0.05, 0.1) is 12.2 Å². The van der Waals surface area contributed by atoms with Gasteiger partial charge in [0.2, 0.25) is 0 Å². The van der Waals surface area contributed by atoms with Gasteiger partial charge in [0.15, 0.2) is 8.32 Å². The maximum Gasteiger partial charge on any atom is 0.191 e. The normalized spacial score (nSPS) is 34.0. The minimum Gasteiger partial charge on any atom is -0.417 e. The lowest BCUT2D eigenvalue weighted by molar-refractivity contribution is -0.0490. The Kier molecular flexibility index (Phi) is 4.70. The number of aliphatic hydroxyl groups is 2. The van der Waals surface area contributed by atoms with Crippen LogP contribution in [0.15, 0.2) is 0 Å². The molecule has 1 aliphatic rings. The summed E-state index contributed by atoms with van der Waals surface area (Å²) in [6.07, 6.45) is 1.64. The van der Waals surface area contributed by atoms with E-state index in [0.29, 0.717) is 12.3 Å². The van der Waals surface area contributed by atoms with Crippen LogP contribution in [0.2, 0.25) is 18.1 Å². The fourth-order valence-electron chi connectivity index (χ4n) is 2.33. The van der Waals surface area contributed by atoms with Gasteiger partial charge in [-0.25, -0.2) is 0 Å². The average molecular weight is 274 g/mol. The highest BCUT2D eigenvalue weighted by Crippen LogP contribution is 2.42. The Hall–Kier alpha value is 0.0969. The largest absolute Gasteiger partial charge is 0.417 e. The SMILES string of the molecule is C[C@H]1[C@H](CO[Si](C)(C)C(C)(C)C)CC[C@@]1(O)CO. The molecule has 1 aliphatic carbocycles. The summed E-state index contributed by atoms with van der Waals surface area (Å²) in [7, 11) is -1.70. The molecule has 0 saturated heterocycles. The Labute approximate surface area is 113 Å². The standard InChI is InChI=1S/C14H30O3Si/c1-11-12(7-8-14(11,16)10-15)9-17-18(5,6)13(2,3)4/h11-12,15-16H,7-10H2,1-6H3/t11-,12-,14+/m0/s1. The lowest BCUT2D eigenvalue weighted by Gasteiger charge is -2.38. The van der Waals surface area contributed by atoms with E-state index in [1.54, 1.807) is 0 Å². The summed E-state index contributed by atoms with van der Waals surface area (Å²) in [5.41, 5.74) is -0.887. The van der Waals surface area contributed by atoms with Crippen LogP contribution in [0.1, 0.15) is 40.5 Å². The maximum absolute atomic E-state index is 10.2. The fraction of sp³-hybridized carbons (Fsp3) is 1.00. The molecular formula is C14H30O3Si. The first-order valence-corrected chi connectivity index (χ1v) is 9.91. The molecule has 0 radical (unpaired) electrons. The van der Waals surface area contributed by atoms with E-state index in [1.165, 1.54) is 0 Å². The molecule has 0 amide bonds. The summed E-state index contributed by atoms with van der Waals surface area (Å²) >= 11 is 0. The molecule has 0 aromatic carbocycles. The molecule has 3 atom stereocenters. The molecule has 1 saturated carbocycles. The number of hydrogen-bond donors (Lipinski definition) is 2. The summed E-state index contributed by atoms with van der Waals surface area (Å²) < 4.78 is 6.23. The smallest absolute Gasteiger partial charge is 0.191 e. The molecule has 0 spiro atoms. The van der Waals surface area contributed by atoms with Crippen molar-refractivity contribution in [1.82, 2.24) is 0 Å². The van der Waals surface area contributed by atoms with Crippen molar-refractivity contribution < 1.29 is 14.6 Å². The van der Waals surface area contributed by atoms with Crippen molar-refractivity contribution in [3.05, 3.63) is 0 Å². The van der Waals surface area contributed by atoms with Gasteiger partial charge in [-0.2, -0.15) is 0 Å². The molecule has 0 heterocycles. The monoisotopic (exact) mass is 274 g/mol. The van der Waals surface area contributed by atoms with E-state index in [1.807, 2.05) is 6.92 Å². The molecular weight excluding hydrogens is 244 g/mol. The first-order chi connectivity index (χ1) is 8.03. The summed E-state index contributed by atoms with van der Waals surface area (Å²) in [4.78, 5) is 0. The summed E-state index contributed by atoms with van der Waals surface area (Å²) in [6.45, 7) is 13.8. The average Bonchev–Trinajstić information content (AvgIpc) is 2.53. The molecule has 18 heavy (non-hydrogen) atoms. The molecule has 1 fully saturated rings. The second-order valence-electron chi connectivity index (χ2n) is 7.42. The third kappa shape index (κ3) is 3.16. The highest BCUT2D eigenvalue weighted by atomic mass is 28.4. The molecule has 0 aromatic rings. The summed E-state index contributed by atoms with van der Waals surface area (Å²) in [5, 5.41) is 19.7.